The molecule has 3 nitrogen and oxygen atoms in total. The van der Waals surface area contributed by atoms with E-state index in [0.29, 0.717) is 17.2 Å². The van der Waals surface area contributed by atoms with Crippen molar-refractivity contribution in [3.63, 3.8) is 0 Å². The van der Waals surface area contributed by atoms with Gasteiger partial charge >= 0.3 is 8.60 Å². The van der Waals surface area contributed by atoms with Crippen molar-refractivity contribution in [3.8, 4) is 17.2 Å². The minimum absolute atomic E-state index is 0.00461. The van der Waals surface area contributed by atoms with E-state index in [9.17, 15) is 0 Å². The molecule has 4 heteroatoms. The highest BCUT2D eigenvalue weighted by atomic mass is 31.2. The summed E-state index contributed by atoms with van der Waals surface area (Å²) in [6.45, 7) is 31.8. The minimum Gasteiger partial charge on any atom is -0.408 e. The van der Waals surface area contributed by atoms with Crippen LogP contribution >= 0.6 is 8.60 Å². The second-order valence-electron chi connectivity index (χ2n) is 13.1. The Balaban J connectivity index is 2.06. The Morgan fingerprint density at radius 2 is 0.725 bits per heavy atom. The van der Waals surface area contributed by atoms with Gasteiger partial charge in [0.1, 0.15) is 17.2 Å². The van der Waals surface area contributed by atoms with Crippen LogP contribution in [0.3, 0.4) is 0 Å². The lowest BCUT2D eigenvalue weighted by molar-refractivity contribution is 0.386. The standard InChI is InChI=1S/C36H45O3P/c1-13-25-22-28(34(4,5)6)16-19-31(25)37-40(38-32-20-17-29(35(7,8)9)23-26(32)14-2)39-33-21-18-30(36(10,11)12)24-27(33)15-3/h13-24H,1-3H2,4-12H3. The van der Waals surface area contributed by atoms with E-state index in [4.69, 9.17) is 13.6 Å². The predicted molar refractivity (Wildman–Crippen MR) is 175 cm³/mol. The quantitative estimate of drug-likeness (QED) is 0.245. The number of rotatable bonds is 9. The third-order valence-corrected chi connectivity index (χ3v) is 7.84. The number of benzene rings is 3. The maximum Gasteiger partial charge on any atom is 0.530 e. The smallest absolute Gasteiger partial charge is 0.408 e. The van der Waals surface area contributed by atoms with Crippen molar-refractivity contribution in [2.24, 2.45) is 0 Å². The zero-order chi connectivity index (χ0) is 29.9. The van der Waals surface area contributed by atoms with Gasteiger partial charge in [0.05, 0.1) is 0 Å². The number of hydrogen-bond acceptors (Lipinski definition) is 3. The number of hydrogen-bond donors (Lipinski definition) is 0. The Bertz CT molecular complexity index is 1210. The van der Waals surface area contributed by atoms with Crippen LogP contribution in [0.2, 0.25) is 0 Å². The van der Waals surface area contributed by atoms with Crippen molar-refractivity contribution in [2.75, 3.05) is 0 Å². The van der Waals surface area contributed by atoms with Gasteiger partial charge < -0.3 is 13.6 Å². The normalized spacial score (nSPS) is 12.2. The maximum atomic E-state index is 6.49. The van der Waals surface area contributed by atoms with Gasteiger partial charge in [0.25, 0.3) is 0 Å². The highest BCUT2D eigenvalue weighted by molar-refractivity contribution is 7.43. The fraction of sp³-hybridized carbons (Fsp3) is 0.333. The monoisotopic (exact) mass is 556 g/mol. The lowest BCUT2D eigenvalue weighted by atomic mass is 9.86. The third kappa shape index (κ3) is 7.67. The summed E-state index contributed by atoms with van der Waals surface area (Å²) in [6.07, 6.45) is 5.41. The van der Waals surface area contributed by atoms with Gasteiger partial charge in [0, 0.05) is 16.7 Å². The van der Waals surface area contributed by atoms with E-state index in [2.05, 4.69) is 118 Å². The largest absolute Gasteiger partial charge is 0.530 e. The first kappa shape index (κ1) is 31.2. The molecule has 0 fully saturated rings. The van der Waals surface area contributed by atoms with E-state index in [-0.39, 0.29) is 16.2 Å². The molecule has 0 aromatic heterocycles. The maximum absolute atomic E-state index is 6.49. The van der Waals surface area contributed by atoms with Crippen LogP contribution in [-0.2, 0) is 16.2 Å². The zero-order valence-electron chi connectivity index (χ0n) is 25.7. The SMILES string of the molecule is C=Cc1cc(C(C)(C)C)ccc1OP(Oc1ccc(C(C)(C)C)cc1C=C)Oc1ccc(C(C)(C)C)cc1C=C. The summed E-state index contributed by atoms with van der Waals surface area (Å²) < 4.78 is 19.5. The van der Waals surface area contributed by atoms with Gasteiger partial charge in [0.2, 0.25) is 0 Å². The average Bonchev–Trinajstić information content (AvgIpc) is 2.87. The molecule has 0 atom stereocenters. The topological polar surface area (TPSA) is 27.7 Å². The molecule has 0 radical (unpaired) electrons. The van der Waals surface area contributed by atoms with Crippen LogP contribution in [0.25, 0.3) is 18.2 Å². The molecule has 0 bridgehead atoms. The van der Waals surface area contributed by atoms with Crippen LogP contribution in [0, 0.1) is 0 Å². The van der Waals surface area contributed by atoms with E-state index in [1.807, 2.05) is 18.2 Å². The average molecular weight is 557 g/mol. The van der Waals surface area contributed by atoms with Crippen molar-refractivity contribution in [3.05, 3.63) is 108 Å². The summed E-state index contributed by atoms with van der Waals surface area (Å²) in [4.78, 5) is 0. The summed E-state index contributed by atoms with van der Waals surface area (Å²) in [6, 6.07) is 18.5. The van der Waals surface area contributed by atoms with Crippen molar-refractivity contribution < 1.29 is 13.6 Å². The molecule has 0 aliphatic rings. The van der Waals surface area contributed by atoms with Gasteiger partial charge in [-0.05, 0) is 69.3 Å². The molecule has 0 aliphatic heterocycles. The molecule has 3 rings (SSSR count). The second-order valence-corrected chi connectivity index (χ2v) is 14.1. The summed E-state index contributed by atoms with van der Waals surface area (Å²) >= 11 is 0. The van der Waals surface area contributed by atoms with E-state index < -0.39 is 8.60 Å². The first-order valence-corrected chi connectivity index (χ1v) is 14.8. The Morgan fingerprint density at radius 3 is 0.925 bits per heavy atom. The molecule has 0 amide bonds. The minimum atomic E-state index is -1.91. The van der Waals surface area contributed by atoms with Crippen LogP contribution in [0.5, 0.6) is 17.2 Å². The summed E-state index contributed by atoms with van der Waals surface area (Å²) in [5.74, 6) is 1.94. The third-order valence-electron chi connectivity index (χ3n) is 6.81. The Labute approximate surface area is 243 Å². The highest BCUT2D eigenvalue weighted by Crippen LogP contribution is 2.46. The second kappa shape index (κ2) is 12.1. The molecule has 0 unspecified atom stereocenters. The molecule has 0 heterocycles. The predicted octanol–water partition coefficient (Wildman–Crippen LogP) is 11.3. The van der Waals surface area contributed by atoms with E-state index in [1.54, 1.807) is 18.2 Å². The van der Waals surface area contributed by atoms with Crippen LogP contribution in [-0.4, -0.2) is 0 Å². The first-order chi connectivity index (χ1) is 18.6. The molecule has 0 N–H and O–H groups in total. The lowest BCUT2D eigenvalue weighted by Gasteiger charge is -2.25. The van der Waals surface area contributed by atoms with Crippen LogP contribution in [0.4, 0.5) is 0 Å². The fourth-order valence-electron chi connectivity index (χ4n) is 4.07. The van der Waals surface area contributed by atoms with E-state index in [1.165, 1.54) is 16.7 Å². The van der Waals surface area contributed by atoms with Gasteiger partial charge in [-0.2, -0.15) is 0 Å². The molecule has 3 aromatic carbocycles. The van der Waals surface area contributed by atoms with Gasteiger partial charge in [-0.15, -0.1) is 0 Å². The molecule has 0 spiro atoms. The van der Waals surface area contributed by atoms with Gasteiger partial charge in [-0.1, -0.05) is 118 Å². The van der Waals surface area contributed by atoms with Crippen molar-refractivity contribution in [2.45, 2.75) is 78.6 Å². The van der Waals surface area contributed by atoms with E-state index >= 15 is 0 Å². The van der Waals surface area contributed by atoms with Gasteiger partial charge in [-0.25, -0.2) is 0 Å². The zero-order valence-corrected chi connectivity index (χ0v) is 26.6. The summed E-state index contributed by atoms with van der Waals surface area (Å²) in [5, 5.41) is 0. The summed E-state index contributed by atoms with van der Waals surface area (Å²) in [7, 11) is -1.91. The lowest BCUT2D eigenvalue weighted by Crippen LogP contribution is -2.12. The van der Waals surface area contributed by atoms with Crippen molar-refractivity contribution in [1.29, 1.82) is 0 Å². The molecular formula is C36H45O3P. The van der Waals surface area contributed by atoms with Gasteiger partial charge in [0.15, 0.2) is 0 Å². The fourth-order valence-corrected chi connectivity index (χ4v) is 5.16. The Morgan fingerprint density at radius 1 is 0.475 bits per heavy atom. The summed E-state index contributed by atoms with van der Waals surface area (Å²) in [5.41, 5.74) is 6.21. The van der Waals surface area contributed by atoms with Gasteiger partial charge in [-0.3, -0.25) is 0 Å². The molecule has 212 valence electrons. The van der Waals surface area contributed by atoms with Crippen LogP contribution in [0.1, 0.15) is 95.7 Å². The molecule has 0 aliphatic carbocycles. The molecule has 0 saturated carbocycles. The van der Waals surface area contributed by atoms with Crippen molar-refractivity contribution >= 4 is 26.8 Å². The van der Waals surface area contributed by atoms with Crippen molar-refractivity contribution in [1.82, 2.24) is 0 Å². The molecular weight excluding hydrogens is 511 g/mol. The van der Waals surface area contributed by atoms with E-state index in [0.717, 1.165) is 16.7 Å². The Kier molecular flexibility index (Phi) is 9.42. The van der Waals surface area contributed by atoms with Crippen LogP contribution in [0.15, 0.2) is 74.3 Å². The highest BCUT2D eigenvalue weighted by Gasteiger charge is 2.26. The molecule has 40 heavy (non-hydrogen) atoms. The molecule has 3 aromatic rings. The first-order valence-electron chi connectivity index (χ1n) is 13.7. The Hall–Kier alpha value is -3.29. The van der Waals surface area contributed by atoms with Crippen LogP contribution < -0.4 is 13.6 Å². The molecule has 0 saturated heterocycles.